The van der Waals surface area contributed by atoms with Gasteiger partial charge in [-0.3, -0.25) is 9.69 Å². The Labute approximate surface area is 158 Å². The van der Waals surface area contributed by atoms with E-state index in [1.807, 2.05) is 12.1 Å². The van der Waals surface area contributed by atoms with Crippen molar-refractivity contribution in [2.75, 3.05) is 19.6 Å². The number of piperidine rings is 1. The fourth-order valence-electron chi connectivity index (χ4n) is 3.38. The van der Waals surface area contributed by atoms with Gasteiger partial charge in [-0.05, 0) is 55.8 Å². The van der Waals surface area contributed by atoms with Crippen molar-refractivity contribution in [3.8, 4) is 0 Å². The molecule has 1 fully saturated rings. The molecule has 27 heavy (non-hydrogen) atoms. The molecule has 1 aromatic heterocycles. The maximum absolute atomic E-state index is 12.5. The number of carbonyl (C=O) groups excluding carboxylic acids is 2. The standard InChI is InChI=1S/C20H26N4O3/c21-20(26)23-13-15-6-8-16(9-7-15)19(25)22-14-17(18-5-4-12-27-18)24-10-2-1-3-11-24/h4-9,12,17H,1-3,10-11,13-14H2,(H,22,25)(H3,21,23,26)/t17-/m1/s1. The lowest BCUT2D eigenvalue weighted by Crippen LogP contribution is -2.40. The zero-order valence-corrected chi connectivity index (χ0v) is 15.3. The minimum Gasteiger partial charge on any atom is -0.468 e. The Morgan fingerprint density at radius 2 is 1.81 bits per heavy atom. The molecule has 1 aliphatic heterocycles. The molecule has 0 aliphatic carbocycles. The van der Waals surface area contributed by atoms with Gasteiger partial charge in [0.05, 0.1) is 12.3 Å². The van der Waals surface area contributed by atoms with Crippen LogP contribution < -0.4 is 16.4 Å². The van der Waals surface area contributed by atoms with Gasteiger partial charge in [-0.1, -0.05) is 18.6 Å². The van der Waals surface area contributed by atoms with Gasteiger partial charge in [0.25, 0.3) is 5.91 Å². The molecule has 3 rings (SSSR count). The summed E-state index contributed by atoms with van der Waals surface area (Å²) in [5.41, 5.74) is 6.52. The Hall–Kier alpha value is -2.80. The summed E-state index contributed by atoms with van der Waals surface area (Å²) in [4.78, 5) is 25.7. The van der Waals surface area contributed by atoms with Crippen LogP contribution in [0.3, 0.4) is 0 Å². The number of hydrogen-bond donors (Lipinski definition) is 3. The maximum atomic E-state index is 12.5. The van der Waals surface area contributed by atoms with Crippen LogP contribution in [0.25, 0.3) is 0 Å². The van der Waals surface area contributed by atoms with Gasteiger partial charge in [0.2, 0.25) is 0 Å². The van der Waals surface area contributed by atoms with Crippen LogP contribution in [-0.4, -0.2) is 36.5 Å². The van der Waals surface area contributed by atoms with E-state index < -0.39 is 6.03 Å². The van der Waals surface area contributed by atoms with E-state index >= 15 is 0 Å². The molecule has 0 bridgehead atoms. The third-order valence-corrected chi connectivity index (χ3v) is 4.84. The van der Waals surface area contributed by atoms with Crippen LogP contribution in [0, 0.1) is 0 Å². The van der Waals surface area contributed by atoms with E-state index in [1.54, 1.807) is 30.5 Å². The molecular formula is C20H26N4O3. The molecule has 1 aromatic carbocycles. The first-order valence-corrected chi connectivity index (χ1v) is 9.31. The highest BCUT2D eigenvalue weighted by Crippen LogP contribution is 2.24. The number of furan rings is 1. The number of primary amides is 1. The first-order chi connectivity index (χ1) is 13.1. The number of carbonyl (C=O) groups is 2. The van der Waals surface area contributed by atoms with Crippen LogP contribution in [0.1, 0.15) is 47.0 Å². The number of benzene rings is 1. The van der Waals surface area contributed by atoms with Crippen molar-refractivity contribution >= 4 is 11.9 Å². The minimum absolute atomic E-state index is 0.0447. The van der Waals surface area contributed by atoms with Crippen LogP contribution in [0.2, 0.25) is 0 Å². The Morgan fingerprint density at radius 1 is 1.07 bits per heavy atom. The van der Waals surface area contributed by atoms with E-state index in [9.17, 15) is 9.59 Å². The second-order valence-corrected chi connectivity index (χ2v) is 6.75. The third kappa shape index (κ3) is 5.34. The lowest BCUT2D eigenvalue weighted by Gasteiger charge is -2.33. The van der Waals surface area contributed by atoms with Crippen LogP contribution in [-0.2, 0) is 6.54 Å². The monoisotopic (exact) mass is 370 g/mol. The molecule has 1 saturated heterocycles. The first-order valence-electron chi connectivity index (χ1n) is 9.31. The number of amides is 3. The van der Waals surface area contributed by atoms with Crippen LogP contribution in [0.4, 0.5) is 4.79 Å². The highest BCUT2D eigenvalue weighted by Gasteiger charge is 2.25. The van der Waals surface area contributed by atoms with Gasteiger partial charge < -0.3 is 20.8 Å². The zero-order chi connectivity index (χ0) is 19.1. The normalized spacial score (nSPS) is 15.9. The first kappa shape index (κ1) is 19.0. The summed E-state index contributed by atoms with van der Waals surface area (Å²) in [5, 5.41) is 5.55. The van der Waals surface area contributed by atoms with E-state index in [2.05, 4.69) is 15.5 Å². The average Bonchev–Trinajstić information content (AvgIpc) is 3.22. The van der Waals surface area contributed by atoms with Crippen LogP contribution in [0.15, 0.2) is 47.1 Å². The number of nitrogens with two attached hydrogens (primary N) is 1. The van der Waals surface area contributed by atoms with Gasteiger partial charge in [0.15, 0.2) is 0 Å². The van der Waals surface area contributed by atoms with Crippen LogP contribution >= 0.6 is 0 Å². The molecule has 4 N–H and O–H groups in total. The Balaban J connectivity index is 1.59. The number of rotatable bonds is 7. The van der Waals surface area contributed by atoms with E-state index in [-0.39, 0.29) is 11.9 Å². The SMILES string of the molecule is NC(=O)NCc1ccc(C(=O)NC[C@H](c2ccco2)N2CCCCC2)cc1. The molecule has 2 aromatic rings. The molecule has 1 atom stereocenters. The van der Waals surface area contributed by atoms with E-state index in [4.69, 9.17) is 10.2 Å². The van der Waals surface area contributed by atoms with Crippen molar-refractivity contribution in [1.29, 1.82) is 0 Å². The molecule has 3 amide bonds. The fourth-order valence-corrected chi connectivity index (χ4v) is 3.38. The van der Waals surface area contributed by atoms with E-state index in [1.165, 1.54) is 19.3 Å². The van der Waals surface area contributed by atoms with Gasteiger partial charge in [0.1, 0.15) is 5.76 Å². The van der Waals surface area contributed by atoms with Crippen molar-refractivity contribution in [1.82, 2.24) is 15.5 Å². The summed E-state index contributed by atoms with van der Waals surface area (Å²) < 4.78 is 5.61. The number of nitrogens with one attached hydrogen (secondary N) is 2. The molecule has 0 unspecified atom stereocenters. The summed E-state index contributed by atoms with van der Waals surface area (Å²) in [6.07, 6.45) is 5.27. The summed E-state index contributed by atoms with van der Waals surface area (Å²) in [6.45, 7) is 2.87. The molecule has 144 valence electrons. The molecule has 2 heterocycles. The summed E-state index contributed by atoms with van der Waals surface area (Å²) in [5.74, 6) is 0.753. The van der Waals surface area contributed by atoms with Crippen molar-refractivity contribution in [3.05, 3.63) is 59.5 Å². The van der Waals surface area contributed by atoms with Crippen molar-refractivity contribution in [2.24, 2.45) is 5.73 Å². The van der Waals surface area contributed by atoms with E-state index in [0.29, 0.717) is 18.7 Å². The third-order valence-electron chi connectivity index (χ3n) is 4.84. The number of hydrogen-bond acceptors (Lipinski definition) is 4. The second kappa shape index (κ2) is 9.23. The smallest absolute Gasteiger partial charge is 0.312 e. The van der Waals surface area contributed by atoms with Crippen molar-refractivity contribution in [2.45, 2.75) is 31.8 Å². The van der Waals surface area contributed by atoms with Gasteiger partial charge in [-0.15, -0.1) is 0 Å². The highest BCUT2D eigenvalue weighted by molar-refractivity contribution is 5.94. The van der Waals surface area contributed by atoms with Crippen molar-refractivity contribution in [3.63, 3.8) is 0 Å². The Morgan fingerprint density at radius 3 is 2.44 bits per heavy atom. The lowest BCUT2D eigenvalue weighted by molar-refractivity contribution is 0.0914. The average molecular weight is 370 g/mol. The molecule has 7 heteroatoms. The molecule has 7 nitrogen and oxygen atoms in total. The Kier molecular flexibility index (Phi) is 6.49. The lowest BCUT2D eigenvalue weighted by atomic mass is 10.1. The molecular weight excluding hydrogens is 344 g/mol. The van der Waals surface area contributed by atoms with Gasteiger partial charge in [-0.2, -0.15) is 0 Å². The summed E-state index contributed by atoms with van der Waals surface area (Å²) >= 11 is 0. The van der Waals surface area contributed by atoms with Crippen LogP contribution in [0.5, 0.6) is 0 Å². The maximum Gasteiger partial charge on any atom is 0.312 e. The van der Waals surface area contributed by atoms with Gasteiger partial charge >= 0.3 is 6.03 Å². The number of likely N-dealkylation sites (tertiary alicyclic amines) is 1. The second-order valence-electron chi connectivity index (χ2n) is 6.75. The topological polar surface area (TPSA) is 101 Å². The molecule has 0 radical (unpaired) electrons. The molecule has 0 spiro atoms. The largest absolute Gasteiger partial charge is 0.468 e. The van der Waals surface area contributed by atoms with Gasteiger partial charge in [-0.25, -0.2) is 4.79 Å². The van der Waals surface area contributed by atoms with E-state index in [0.717, 1.165) is 24.4 Å². The number of urea groups is 1. The molecule has 0 saturated carbocycles. The van der Waals surface area contributed by atoms with Gasteiger partial charge in [0, 0.05) is 18.7 Å². The fraction of sp³-hybridized carbons (Fsp3) is 0.400. The Bertz CT molecular complexity index is 737. The predicted molar refractivity (Wildman–Crippen MR) is 102 cm³/mol. The summed E-state index contributed by atoms with van der Waals surface area (Å²) in [7, 11) is 0. The summed E-state index contributed by atoms with van der Waals surface area (Å²) in [6, 6.07) is 10.4. The minimum atomic E-state index is -0.571. The highest BCUT2D eigenvalue weighted by atomic mass is 16.3. The zero-order valence-electron chi connectivity index (χ0n) is 15.3. The quantitative estimate of drug-likeness (QED) is 0.697. The molecule has 1 aliphatic rings. The predicted octanol–water partition coefficient (Wildman–Crippen LogP) is 2.40. The van der Waals surface area contributed by atoms with Crippen molar-refractivity contribution < 1.29 is 14.0 Å². The number of nitrogens with zero attached hydrogens (tertiary/aromatic N) is 1.